The highest BCUT2D eigenvalue weighted by atomic mass is 35.5. The number of hydrogen-bond acceptors (Lipinski definition) is 5. The van der Waals surface area contributed by atoms with Gasteiger partial charge in [-0.05, 0) is 30.7 Å². The molecule has 0 fully saturated rings. The summed E-state index contributed by atoms with van der Waals surface area (Å²) in [5, 5.41) is 10.2. The van der Waals surface area contributed by atoms with Crippen molar-refractivity contribution < 1.29 is 14.2 Å². The van der Waals surface area contributed by atoms with Gasteiger partial charge in [0.05, 0.1) is 26.0 Å². The third kappa shape index (κ3) is 3.83. The Bertz CT molecular complexity index is 1170. The summed E-state index contributed by atoms with van der Waals surface area (Å²) in [6.45, 7) is 0. The average molecular weight is 479 g/mol. The molecule has 2 aromatic carbocycles. The van der Waals surface area contributed by atoms with E-state index in [1.54, 1.807) is 24.9 Å². The summed E-state index contributed by atoms with van der Waals surface area (Å²) in [7, 11) is 3.15. The molecule has 2 heterocycles. The Morgan fingerprint density at radius 3 is 2.65 bits per heavy atom. The number of benzene rings is 2. The van der Waals surface area contributed by atoms with Gasteiger partial charge >= 0.3 is 0 Å². The molecule has 0 amide bonds. The van der Waals surface area contributed by atoms with Crippen molar-refractivity contribution >= 4 is 34.8 Å². The zero-order valence-corrected chi connectivity index (χ0v) is 19.0. The molecule has 2 atom stereocenters. The van der Waals surface area contributed by atoms with Gasteiger partial charge < -0.3 is 14.2 Å². The number of halogens is 3. The second kappa shape index (κ2) is 8.97. The highest BCUT2D eigenvalue weighted by Crippen LogP contribution is 2.47. The molecule has 0 unspecified atom stereocenters. The van der Waals surface area contributed by atoms with Crippen LogP contribution in [0, 0.1) is 11.3 Å². The maximum atomic E-state index is 9.18. The van der Waals surface area contributed by atoms with Crippen LogP contribution in [0.15, 0.2) is 36.4 Å². The topological polar surface area (TPSA) is 69.3 Å². The van der Waals surface area contributed by atoms with Crippen LogP contribution >= 0.6 is 34.8 Å². The second-order valence-electron chi connectivity index (χ2n) is 6.87. The fourth-order valence-corrected chi connectivity index (χ4v) is 4.40. The summed E-state index contributed by atoms with van der Waals surface area (Å²) in [5.41, 5.74) is 2.24. The third-order valence-corrected chi connectivity index (χ3v) is 6.09. The Morgan fingerprint density at radius 1 is 1.13 bits per heavy atom. The SMILES string of the molecule is COc1cccc([C@H]2O[C@H](CCC#N)c3nc(Cl)c(Cl)n3-c3ccc(Cl)cc32)c1OC. The number of methoxy groups -OCH3 is 2. The van der Waals surface area contributed by atoms with E-state index in [2.05, 4.69) is 11.1 Å². The number of nitriles is 1. The molecule has 1 aliphatic heterocycles. The van der Waals surface area contributed by atoms with Crippen LogP contribution in [0.1, 0.15) is 42.0 Å². The highest BCUT2D eigenvalue weighted by Gasteiger charge is 2.35. The van der Waals surface area contributed by atoms with E-state index >= 15 is 0 Å². The van der Waals surface area contributed by atoms with Crippen LogP contribution in [0.3, 0.4) is 0 Å². The van der Waals surface area contributed by atoms with E-state index in [1.807, 2.05) is 30.3 Å². The van der Waals surface area contributed by atoms with Crippen LogP contribution < -0.4 is 9.47 Å². The molecular formula is C22H18Cl3N3O3. The van der Waals surface area contributed by atoms with Gasteiger partial charge in [0.15, 0.2) is 21.8 Å². The molecule has 0 N–H and O–H groups in total. The molecule has 0 aliphatic carbocycles. The van der Waals surface area contributed by atoms with Gasteiger partial charge in [-0.2, -0.15) is 5.26 Å². The van der Waals surface area contributed by atoms with Crippen molar-refractivity contribution in [2.75, 3.05) is 14.2 Å². The lowest BCUT2D eigenvalue weighted by atomic mass is 9.98. The zero-order valence-electron chi connectivity index (χ0n) is 16.7. The number of imidazole rings is 1. The highest BCUT2D eigenvalue weighted by molar-refractivity contribution is 6.40. The summed E-state index contributed by atoms with van der Waals surface area (Å²) < 4.78 is 19.5. The number of fused-ring (bicyclic) bond motifs is 3. The largest absolute Gasteiger partial charge is 0.493 e. The minimum atomic E-state index is -0.584. The molecule has 1 aliphatic rings. The second-order valence-corrected chi connectivity index (χ2v) is 8.03. The van der Waals surface area contributed by atoms with Crippen molar-refractivity contribution in [1.29, 1.82) is 5.26 Å². The standard InChI is InChI=1S/C22H18Cl3N3O3/c1-29-16-6-3-5-13(19(16)30-2)18-14-11-12(23)8-9-15(14)28-21(25)20(24)27-22(28)17(31-18)7-4-10-26/h3,5-6,8-9,11,17-18H,4,7H2,1-2H3/t17-,18-/m1/s1. The monoisotopic (exact) mass is 477 g/mol. The lowest BCUT2D eigenvalue weighted by molar-refractivity contribution is -0.000483. The number of para-hydroxylation sites is 1. The molecule has 160 valence electrons. The molecule has 6 nitrogen and oxygen atoms in total. The number of rotatable bonds is 5. The van der Waals surface area contributed by atoms with Crippen LogP contribution in [-0.2, 0) is 4.74 Å². The Hall–Kier alpha value is -2.43. The van der Waals surface area contributed by atoms with E-state index < -0.39 is 12.2 Å². The van der Waals surface area contributed by atoms with Crippen LogP contribution in [0.25, 0.3) is 5.69 Å². The van der Waals surface area contributed by atoms with Gasteiger partial charge in [-0.3, -0.25) is 4.57 Å². The molecule has 0 saturated heterocycles. The number of nitrogens with zero attached hydrogens (tertiary/aromatic N) is 3. The van der Waals surface area contributed by atoms with Gasteiger partial charge in [0, 0.05) is 22.6 Å². The smallest absolute Gasteiger partial charge is 0.167 e. The summed E-state index contributed by atoms with van der Waals surface area (Å²) in [6.07, 6.45) is -0.452. The van der Waals surface area contributed by atoms with E-state index in [-0.39, 0.29) is 16.7 Å². The molecular weight excluding hydrogens is 461 g/mol. The summed E-state index contributed by atoms with van der Waals surface area (Å²) in [4.78, 5) is 4.44. The first kappa shape index (κ1) is 21.8. The Balaban J connectivity index is 1.99. The molecule has 31 heavy (non-hydrogen) atoms. The van der Waals surface area contributed by atoms with Crippen molar-refractivity contribution in [3.8, 4) is 23.3 Å². The van der Waals surface area contributed by atoms with Gasteiger partial charge in [-0.15, -0.1) is 0 Å². The summed E-state index contributed by atoms with van der Waals surface area (Å²) in [5.74, 6) is 1.64. The van der Waals surface area contributed by atoms with Crippen molar-refractivity contribution in [2.45, 2.75) is 25.0 Å². The van der Waals surface area contributed by atoms with Crippen LogP contribution in [0.4, 0.5) is 0 Å². The van der Waals surface area contributed by atoms with Gasteiger partial charge in [-0.1, -0.05) is 46.9 Å². The molecule has 0 bridgehead atoms. The molecule has 0 radical (unpaired) electrons. The van der Waals surface area contributed by atoms with Crippen molar-refractivity contribution in [2.24, 2.45) is 0 Å². The minimum absolute atomic E-state index is 0.167. The van der Waals surface area contributed by atoms with Crippen molar-refractivity contribution in [1.82, 2.24) is 9.55 Å². The maximum absolute atomic E-state index is 9.18. The predicted molar refractivity (Wildman–Crippen MR) is 119 cm³/mol. The fourth-order valence-electron chi connectivity index (χ4n) is 3.82. The number of ether oxygens (including phenoxy) is 3. The lowest BCUT2D eigenvalue weighted by Gasteiger charge is -2.24. The number of hydrogen-bond donors (Lipinski definition) is 0. The fraction of sp³-hybridized carbons (Fsp3) is 0.273. The van der Waals surface area contributed by atoms with Gasteiger partial charge in [0.2, 0.25) is 0 Å². The number of aromatic nitrogens is 2. The van der Waals surface area contributed by atoms with E-state index in [9.17, 15) is 5.26 Å². The molecule has 1 aromatic heterocycles. The first-order valence-electron chi connectivity index (χ1n) is 9.46. The zero-order chi connectivity index (χ0) is 22.1. The molecule has 3 aromatic rings. The van der Waals surface area contributed by atoms with Crippen LogP contribution in [-0.4, -0.2) is 23.8 Å². The van der Waals surface area contributed by atoms with Crippen LogP contribution in [0.2, 0.25) is 15.3 Å². The first-order valence-corrected chi connectivity index (χ1v) is 10.6. The molecule has 9 heteroatoms. The first-order chi connectivity index (χ1) is 15.0. The van der Waals surface area contributed by atoms with Gasteiger partial charge in [0.1, 0.15) is 18.0 Å². The predicted octanol–water partition coefficient (Wildman–Crippen LogP) is 6.31. The van der Waals surface area contributed by atoms with E-state index in [1.165, 1.54) is 0 Å². The summed E-state index contributed by atoms with van der Waals surface area (Å²) in [6, 6.07) is 13.2. The Labute approximate surface area is 194 Å². The normalized spacial score (nSPS) is 17.3. The quantitative estimate of drug-likeness (QED) is 0.429. The maximum Gasteiger partial charge on any atom is 0.167 e. The van der Waals surface area contributed by atoms with Crippen molar-refractivity contribution in [3.63, 3.8) is 0 Å². The third-order valence-electron chi connectivity index (χ3n) is 5.14. The van der Waals surface area contributed by atoms with Gasteiger partial charge in [0.25, 0.3) is 0 Å². The van der Waals surface area contributed by atoms with Gasteiger partial charge in [-0.25, -0.2) is 4.98 Å². The van der Waals surface area contributed by atoms with Crippen molar-refractivity contribution in [3.05, 3.63) is 68.7 Å². The minimum Gasteiger partial charge on any atom is -0.493 e. The Kier molecular flexibility index (Phi) is 6.31. The van der Waals surface area contributed by atoms with E-state index in [4.69, 9.17) is 49.0 Å². The summed E-state index contributed by atoms with van der Waals surface area (Å²) >= 11 is 19.2. The Morgan fingerprint density at radius 2 is 1.94 bits per heavy atom. The van der Waals surface area contributed by atoms with Crippen LogP contribution in [0.5, 0.6) is 11.5 Å². The molecule has 0 spiro atoms. The lowest BCUT2D eigenvalue weighted by Crippen LogP contribution is -2.12. The molecule has 4 rings (SSSR count). The van der Waals surface area contributed by atoms with E-state index in [0.717, 1.165) is 16.8 Å². The molecule has 0 saturated carbocycles. The average Bonchev–Trinajstić information content (AvgIpc) is 3.00. The van der Waals surface area contributed by atoms with E-state index in [0.29, 0.717) is 28.8 Å².